The second-order valence-electron chi connectivity index (χ2n) is 5.49. The van der Waals surface area contributed by atoms with Gasteiger partial charge >= 0.3 is 0 Å². The lowest BCUT2D eigenvalue weighted by Crippen LogP contribution is -2.14. The third kappa shape index (κ3) is 3.02. The summed E-state index contributed by atoms with van der Waals surface area (Å²) in [4.78, 5) is 23.6. The van der Waals surface area contributed by atoms with Gasteiger partial charge in [0.2, 0.25) is 5.91 Å². The minimum Gasteiger partial charge on any atom is -0.326 e. The molecule has 3 nitrogen and oxygen atoms in total. The molecular formula is C18H17NO2. The van der Waals surface area contributed by atoms with Gasteiger partial charge in [-0.2, -0.15) is 0 Å². The Bertz CT molecular complexity index is 679. The molecule has 0 unspecified atom stereocenters. The number of anilines is 1. The number of benzene rings is 2. The van der Waals surface area contributed by atoms with Gasteiger partial charge in [0.1, 0.15) is 0 Å². The molecule has 1 N–H and O–H groups in total. The smallest absolute Gasteiger partial charge is 0.228 e. The van der Waals surface area contributed by atoms with Crippen LogP contribution in [-0.2, 0) is 4.79 Å². The summed E-state index contributed by atoms with van der Waals surface area (Å²) in [6, 6.07) is 17.2. The van der Waals surface area contributed by atoms with E-state index in [1.54, 1.807) is 18.2 Å². The molecule has 1 amide bonds. The molecule has 1 fully saturated rings. The first-order valence-corrected chi connectivity index (χ1v) is 7.12. The summed E-state index contributed by atoms with van der Waals surface area (Å²) >= 11 is 0. The maximum absolute atomic E-state index is 12.2. The number of hydrogen-bond donors (Lipinski definition) is 1. The molecule has 2 atom stereocenters. The summed E-state index contributed by atoms with van der Waals surface area (Å²) in [5.41, 5.74) is 2.52. The van der Waals surface area contributed by atoms with Gasteiger partial charge in [-0.1, -0.05) is 42.5 Å². The minimum absolute atomic E-state index is 0.000294. The van der Waals surface area contributed by atoms with Gasteiger partial charge in [0.25, 0.3) is 0 Å². The second kappa shape index (κ2) is 5.52. The Kier molecular flexibility index (Phi) is 3.57. The van der Waals surface area contributed by atoms with Gasteiger partial charge in [0.05, 0.1) is 0 Å². The summed E-state index contributed by atoms with van der Waals surface area (Å²) in [6.45, 7) is 1.52. The van der Waals surface area contributed by atoms with Crippen LogP contribution in [0.3, 0.4) is 0 Å². The van der Waals surface area contributed by atoms with Gasteiger partial charge in [-0.3, -0.25) is 9.59 Å². The van der Waals surface area contributed by atoms with E-state index >= 15 is 0 Å². The molecule has 21 heavy (non-hydrogen) atoms. The van der Waals surface area contributed by atoms with Crippen molar-refractivity contribution in [1.82, 2.24) is 0 Å². The minimum atomic E-state index is -0.000294. The molecule has 0 saturated heterocycles. The van der Waals surface area contributed by atoms with E-state index in [0.29, 0.717) is 17.2 Å². The zero-order valence-corrected chi connectivity index (χ0v) is 11.9. The first-order chi connectivity index (χ1) is 10.1. The fourth-order valence-corrected chi connectivity index (χ4v) is 2.60. The summed E-state index contributed by atoms with van der Waals surface area (Å²) in [6.07, 6.45) is 0.891. The van der Waals surface area contributed by atoms with Gasteiger partial charge < -0.3 is 5.32 Å². The van der Waals surface area contributed by atoms with E-state index in [0.717, 1.165) is 6.42 Å². The number of ketones is 1. The number of amides is 1. The van der Waals surface area contributed by atoms with Gasteiger partial charge in [-0.25, -0.2) is 0 Å². The number of carbonyl (C=O) groups excluding carboxylic acids is 2. The van der Waals surface area contributed by atoms with Crippen LogP contribution in [0.4, 0.5) is 5.69 Å². The van der Waals surface area contributed by atoms with Crippen LogP contribution in [0.25, 0.3) is 0 Å². The van der Waals surface area contributed by atoms with E-state index in [-0.39, 0.29) is 17.6 Å². The van der Waals surface area contributed by atoms with Crippen molar-refractivity contribution in [2.75, 3.05) is 5.32 Å². The van der Waals surface area contributed by atoms with E-state index in [1.807, 2.05) is 24.3 Å². The molecule has 0 radical (unpaired) electrons. The van der Waals surface area contributed by atoms with Crippen LogP contribution in [-0.4, -0.2) is 11.7 Å². The van der Waals surface area contributed by atoms with Crippen molar-refractivity contribution in [2.45, 2.75) is 19.3 Å². The third-order valence-corrected chi connectivity index (χ3v) is 3.89. The molecule has 1 aliphatic carbocycles. The quantitative estimate of drug-likeness (QED) is 0.869. The highest BCUT2D eigenvalue weighted by Gasteiger charge is 2.43. The standard InChI is InChI=1S/C18H17NO2/c1-12(20)14-8-5-9-15(10-14)19-18(21)17-11-16(17)13-6-3-2-4-7-13/h2-10,16-17H,11H2,1H3,(H,19,21)/t16-,17+/m1/s1. The number of Topliss-reactive ketones (excluding diaryl/α,β-unsaturated/α-hetero) is 1. The second-order valence-corrected chi connectivity index (χ2v) is 5.49. The molecule has 0 aliphatic heterocycles. The predicted molar refractivity (Wildman–Crippen MR) is 82.4 cm³/mol. The first kappa shape index (κ1) is 13.6. The SMILES string of the molecule is CC(=O)c1cccc(NC(=O)[C@H]2C[C@@H]2c2ccccc2)c1. The largest absolute Gasteiger partial charge is 0.326 e. The first-order valence-electron chi connectivity index (χ1n) is 7.12. The maximum Gasteiger partial charge on any atom is 0.228 e. The van der Waals surface area contributed by atoms with E-state index in [1.165, 1.54) is 12.5 Å². The zero-order chi connectivity index (χ0) is 14.8. The van der Waals surface area contributed by atoms with Crippen molar-refractivity contribution < 1.29 is 9.59 Å². The highest BCUT2D eigenvalue weighted by Crippen LogP contribution is 2.47. The molecule has 106 valence electrons. The Morgan fingerprint density at radius 3 is 2.52 bits per heavy atom. The zero-order valence-electron chi connectivity index (χ0n) is 11.9. The van der Waals surface area contributed by atoms with Gasteiger partial charge in [-0.05, 0) is 37.0 Å². The van der Waals surface area contributed by atoms with E-state index < -0.39 is 0 Å². The predicted octanol–water partition coefficient (Wildman–Crippen LogP) is 3.63. The van der Waals surface area contributed by atoms with Crippen molar-refractivity contribution >= 4 is 17.4 Å². The fourth-order valence-electron chi connectivity index (χ4n) is 2.60. The monoisotopic (exact) mass is 279 g/mol. The summed E-state index contributed by atoms with van der Waals surface area (Å²) < 4.78 is 0. The summed E-state index contributed by atoms with van der Waals surface area (Å²) in [5, 5.41) is 2.91. The average Bonchev–Trinajstić information content (AvgIpc) is 3.29. The highest BCUT2D eigenvalue weighted by atomic mass is 16.2. The molecule has 3 rings (SSSR count). The Morgan fingerprint density at radius 2 is 1.81 bits per heavy atom. The van der Waals surface area contributed by atoms with Crippen LogP contribution in [0.2, 0.25) is 0 Å². The molecule has 1 aliphatic rings. The van der Waals surface area contributed by atoms with Crippen molar-refractivity contribution in [3.63, 3.8) is 0 Å². The summed E-state index contributed by atoms with van der Waals surface area (Å²) in [7, 11) is 0. The lowest BCUT2D eigenvalue weighted by molar-refractivity contribution is -0.117. The Hall–Kier alpha value is -2.42. The number of hydrogen-bond acceptors (Lipinski definition) is 2. The van der Waals surface area contributed by atoms with Crippen molar-refractivity contribution in [2.24, 2.45) is 5.92 Å². The normalized spacial score (nSPS) is 19.9. The van der Waals surface area contributed by atoms with Crippen molar-refractivity contribution in [1.29, 1.82) is 0 Å². The molecule has 0 aromatic heterocycles. The molecular weight excluding hydrogens is 262 g/mol. The molecule has 2 aromatic rings. The van der Waals surface area contributed by atoms with E-state index in [2.05, 4.69) is 17.4 Å². The number of carbonyl (C=O) groups is 2. The van der Waals surface area contributed by atoms with Crippen LogP contribution in [0.15, 0.2) is 54.6 Å². The molecule has 3 heteroatoms. The van der Waals surface area contributed by atoms with E-state index in [9.17, 15) is 9.59 Å². The lowest BCUT2D eigenvalue weighted by Gasteiger charge is -2.06. The fraction of sp³-hybridized carbons (Fsp3) is 0.222. The molecule has 1 saturated carbocycles. The van der Waals surface area contributed by atoms with Gasteiger partial charge in [0.15, 0.2) is 5.78 Å². The van der Waals surface area contributed by atoms with Crippen LogP contribution < -0.4 is 5.32 Å². The Labute approximate surface area is 124 Å². The van der Waals surface area contributed by atoms with Crippen LogP contribution in [0.5, 0.6) is 0 Å². The Balaban J connectivity index is 1.66. The number of nitrogens with one attached hydrogen (secondary N) is 1. The lowest BCUT2D eigenvalue weighted by atomic mass is 10.1. The Morgan fingerprint density at radius 1 is 1.05 bits per heavy atom. The molecule has 0 spiro atoms. The molecule has 0 heterocycles. The van der Waals surface area contributed by atoms with Gasteiger partial charge in [-0.15, -0.1) is 0 Å². The van der Waals surface area contributed by atoms with Crippen molar-refractivity contribution in [3.8, 4) is 0 Å². The maximum atomic E-state index is 12.2. The van der Waals surface area contributed by atoms with E-state index in [4.69, 9.17) is 0 Å². The van der Waals surface area contributed by atoms with Gasteiger partial charge in [0, 0.05) is 17.2 Å². The van der Waals surface area contributed by atoms with Crippen molar-refractivity contribution in [3.05, 3.63) is 65.7 Å². The van der Waals surface area contributed by atoms with Crippen LogP contribution >= 0.6 is 0 Å². The van der Waals surface area contributed by atoms with Crippen LogP contribution in [0, 0.1) is 5.92 Å². The summed E-state index contributed by atoms with van der Waals surface area (Å²) in [5.74, 6) is 0.389. The molecule has 2 aromatic carbocycles. The average molecular weight is 279 g/mol. The van der Waals surface area contributed by atoms with Crippen LogP contribution in [0.1, 0.15) is 35.2 Å². The number of rotatable bonds is 4. The highest BCUT2D eigenvalue weighted by molar-refractivity contribution is 5.98. The topological polar surface area (TPSA) is 46.2 Å². The molecule has 0 bridgehead atoms. The third-order valence-electron chi connectivity index (χ3n) is 3.89.